The van der Waals surface area contributed by atoms with Crippen molar-refractivity contribution in [1.29, 1.82) is 0 Å². The van der Waals surface area contributed by atoms with Crippen LogP contribution in [0.1, 0.15) is 18.4 Å². The van der Waals surface area contributed by atoms with Crippen molar-refractivity contribution < 1.29 is 13.6 Å². The third-order valence-electron chi connectivity index (χ3n) is 2.82. The molecule has 1 aliphatic heterocycles. The molecule has 16 heavy (non-hydrogen) atoms. The molecule has 1 amide bonds. The van der Waals surface area contributed by atoms with Gasteiger partial charge in [0.2, 0.25) is 0 Å². The smallest absolute Gasteiger partial charge is 0.321 e. The molecule has 1 atom stereocenters. The topological polar surface area (TPSA) is 29.1 Å². The highest BCUT2D eigenvalue weighted by Gasteiger charge is 2.49. The number of carbonyl (C=O) groups excluding carboxylic acids is 1. The largest absolute Gasteiger partial charge is 0.331 e. The molecule has 0 aliphatic carbocycles. The Morgan fingerprint density at radius 3 is 2.75 bits per heavy atom. The zero-order valence-electron chi connectivity index (χ0n) is 8.88. The van der Waals surface area contributed by atoms with Crippen LogP contribution in [0, 0.1) is 0 Å². The maximum Gasteiger partial charge on any atom is 0.331 e. The third-order valence-corrected chi connectivity index (χ3v) is 3.55. The summed E-state index contributed by atoms with van der Waals surface area (Å²) in [6.45, 7) is 1.37. The molecule has 86 valence electrons. The van der Waals surface area contributed by atoms with Gasteiger partial charge in [-0.25, -0.2) is 0 Å². The van der Waals surface area contributed by atoms with E-state index in [1.165, 1.54) is 18.7 Å². The SMILES string of the molecule is CSc1ccc2c(c1)NC(=O)C(F)(F)C2C. The van der Waals surface area contributed by atoms with Crippen molar-refractivity contribution in [2.45, 2.75) is 23.7 Å². The van der Waals surface area contributed by atoms with Crippen molar-refractivity contribution in [3.63, 3.8) is 0 Å². The van der Waals surface area contributed by atoms with Crippen molar-refractivity contribution in [2.75, 3.05) is 11.6 Å². The van der Waals surface area contributed by atoms with Gasteiger partial charge in [-0.2, -0.15) is 8.78 Å². The monoisotopic (exact) mass is 243 g/mol. The van der Waals surface area contributed by atoms with Gasteiger partial charge < -0.3 is 5.32 Å². The maximum absolute atomic E-state index is 13.4. The van der Waals surface area contributed by atoms with Crippen molar-refractivity contribution in [2.24, 2.45) is 0 Å². The van der Waals surface area contributed by atoms with E-state index in [0.717, 1.165) is 4.90 Å². The van der Waals surface area contributed by atoms with Gasteiger partial charge in [-0.15, -0.1) is 11.8 Å². The molecule has 1 N–H and O–H groups in total. The minimum absolute atomic E-state index is 0.488. The van der Waals surface area contributed by atoms with Gasteiger partial charge in [-0.05, 0) is 24.0 Å². The van der Waals surface area contributed by atoms with Gasteiger partial charge in [0.25, 0.3) is 5.91 Å². The van der Waals surface area contributed by atoms with Crippen LogP contribution in [-0.2, 0) is 4.79 Å². The number of rotatable bonds is 1. The lowest BCUT2D eigenvalue weighted by Gasteiger charge is -2.30. The Morgan fingerprint density at radius 1 is 1.44 bits per heavy atom. The standard InChI is InChI=1S/C11H11F2NOS/c1-6-8-4-3-7(16-2)5-9(8)14-10(15)11(6,12)13/h3-6H,1-2H3,(H,14,15). The number of alkyl halides is 2. The number of carbonyl (C=O) groups is 1. The average molecular weight is 243 g/mol. The van der Waals surface area contributed by atoms with Gasteiger partial charge in [0.1, 0.15) is 0 Å². The number of thioether (sulfide) groups is 1. The number of halogens is 2. The summed E-state index contributed by atoms with van der Waals surface area (Å²) in [7, 11) is 0. The van der Waals surface area contributed by atoms with E-state index in [-0.39, 0.29) is 0 Å². The molecule has 0 bridgehead atoms. The van der Waals surface area contributed by atoms with Crippen LogP contribution in [0.5, 0.6) is 0 Å². The summed E-state index contributed by atoms with van der Waals surface area (Å²) in [4.78, 5) is 12.2. The Balaban J connectivity index is 2.51. The van der Waals surface area contributed by atoms with Crippen LogP contribution in [-0.4, -0.2) is 18.1 Å². The summed E-state index contributed by atoms with van der Waals surface area (Å²) < 4.78 is 26.9. The van der Waals surface area contributed by atoms with Gasteiger partial charge >= 0.3 is 5.92 Å². The Hall–Kier alpha value is -1.10. The first-order valence-corrected chi connectivity index (χ1v) is 6.06. The summed E-state index contributed by atoms with van der Waals surface area (Å²) in [5, 5.41) is 2.25. The van der Waals surface area contributed by atoms with Crippen LogP contribution in [0.2, 0.25) is 0 Å². The number of anilines is 1. The summed E-state index contributed by atoms with van der Waals surface area (Å²) in [5.41, 5.74) is 0.984. The molecule has 0 saturated carbocycles. The number of nitrogens with one attached hydrogen (secondary N) is 1. The average Bonchev–Trinajstić information content (AvgIpc) is 2.26. The third kappa shape index (κ3) is 1.59. The second-order valence-electron chi connectivity index (χ2n) is 3.75. The Kier molecular flexibility index (Phi) is 2.66. The molecule has 2 rings (SSSR count). The van der Waals surface area contributed by atoms with Gasteiger partial charge in [-0.3, -0.25) is 4.79 Å². The Bertz CT molecular complexity index is 448. The Labute approximate surface area is 96.4 Å². The Morgan fingerprint density at radius 2 is 2.12 bits per heavy atom. The molecule has 5 heteroatoms. The lowest BCUT2D eigenvalue weighted by atomic mass is 9.89. The van der Waals surface area contributed by atoms with E-state index in [9.17, 15) is 13.6 Å². The lowest BCUT2D eigenvalue weighted by molar-refractivity contribution is -0.143. The van der Waals surface area contributed by atoms with Crippen LogP contribution in [0.4, 0.5) is 14.5 Å². The number of hydrogen-bond acceptors (Lipinski definition) is 2. The molecule has 0 radical (unpaired) electrons. The zero-order valence-corrected chi connectivity index (χ0v) is 9.70. The number of fused-ring (bicyclic) bond motifs is 1. The van der Waals surface area contributed by atoms with Gasteiger partial charge in [0.15, 0.2) is 0 Å². The molecule has 1 aromatic carbocycles. The van der Waals surface area contributed by atoms with Crippen LogP contribution in [0.3, 0.4) is 0 Å². The van der Waals surface area contributed by atoms with Crippen molar-refractivity contribution in [3.05, 3.63) is 23.8 Å². The fourth-order valence-electron chi connectivity index (χ4n) is 1.75. The summed E-state index contributed by atoms with van der Waals surface area (Å²) in [6.07, 6.45) is 1.89. The highest BCUT2D eigenvalue weighted by atomic mass is 32.2. The second-order valence-corrected chi connectivity index (χ2v) is 4.63. The van der Waals surface area contributed by atoms with E-state index < -0.39 is 17.7 Å². The predicted molar refractivity (Wildman–Crippen MR) is 60.2 cm³/mol. The minimum atomic E-state index is -3.33. The van der Waals surface area contributed by atoms with Crippen molar-refractivity contribution in [3.8, 4) is 0 Å². The second kappa shape index (κ2) is 3.73. The van der Waals surface area contributed by atoms with Crippen LogP contribution >= 0.6 is 11.8 Å². The van der Waals surface area contributed by atoms with Crippen LogP contribution < -0.4 is 5.32 Å². The van der Waals surface area contributed by atoms with E-state index in [1.807, 2.05) is 6.26 Å². The maximum atomic E-state index is 13.4. The van der Waals surface area contributed by atoms with E-state index in [1.54, 1.807) is 18.2 Å². The van der Waals surface area contributed by atoms with E-state index >= 15 is 0 Å². The van der Waals surface area contributed by atoms with Crippen molar-refractivity contribution in [1.82, 2.24) is 0 Å². The van der Waals surface area contributed by atoms with Crippen LogP contribution in [0.15, 0.2) is 23.1 Å². The van der Waals surface area contributed by atoms with Crippen molar-refractivity contribution >= 4 is 23.4 Å². The van der Waals surface area contributed by atoms with Gasteiger partial charge in [0.05, 0.1) is 5.92 Å². The minimum Gasteiger partial charge on any atom is -0.321 e. The molecule has 0 saturated heterocycles. The number of benzene rings is 1. The first kappa shape index (κ1) is 11.4. The van der Waals surface area contributed by atoms with Crippen LogP contribution in [0.25, 0.3) is 0 Å². The molecular formula is C11H11F2NOS. The van der Waals surface area contributed by atoms with E-state index in [4.69, 9.17) is 0 Å². The fraction of sp³-hybridized carbons (Fsp3) is 0.364. The molecule has 2 nitrogen and oxygen atoms in total. The summed E-state index contributed by atoms with van der Waals surface area (Å²) in [6, 6.07) is 5.16. The number of amides is 1. The first-order chi connectivity index (χ1) is 7.46. The molecule has 1 heterocycles. The quantitative estimate of drug-likeness (QED) is 0.768. The molecule has 1 aromatic rings. The highest BCUT2D eigenvalue weighted by molar-refractivity contribution is 7.98. The predicted octanol–water partition coefficient (Wildman–Crippen LogP) is 3.10. The molecule has 0 fully saturated rings. The highest BCUT2D eigenvalue weighted by Crippen LogP contribution is 2.42. The number of hydrogen-bond donors (Lipinski definition) is 1. The van der Waals surface area contributed by atoms with E-state index in [0.29, 0.717) is 11.3 Å². The molecular weight excluding hydrogens is 232 g/mol. The lowest BCUT2D eigenvalue weighted by Crippen LogP contribution is -2.43. The van der Waals surface area contributed by atoms with E-state index in [2.05, 4.69) is 5.32 Å². The van der Waals surface area contributed by atoms with Gasteiger partial charge in [0, 0.05) is 10.6 Å². The summed E-state index contributed by atoms with van der Waals surface area (Å²) in [5.74, 6) is -5.62. The normalized spacial score (nSPS) is 22.5. The zero-order chi connectivity index (χ0) is 11.9. The first-order valence-electron chi connectivity index (χ1n) is 4.84. The fourth-order valence-corrected chi connectivity index (χ4v) is 2.19. The molecule has 1 aliphatic rings. The molecule has 0 spiro atoms. The molecule has 1 unspecified atom stereocenters. The summed E-state index contributed by atoms with van der Waals surface area (Å²) >= 11 is 1.51. The molecule has 0 aromatic heterocycles. The van der Waals surface area contributed by atoms with Gasteiger partial charge in [-0.1, -0.05) is 13.0 Å².